The first-order chi connectivity index (χ1) is 6.95. The van der Waals surface area contributed by atoms with Crippen LogP contribution in [0.5, 0.6) is 0 Å². The number of carbonyl (C=O) groups is 1. The molecule has 1 unspecified atom stereocenters. The van der Waals surface area contributed by atoms with Gasteiger partial charge < -0.3 is 11.1 Å². The lowest BCUT2D eigenvalue weighted by molar-refractivity contribution is -0.122. The number of nitrogens with one attached hydrogen (secondary N) is 1. The Hall–Kier alpha value is -0.570. The van der Waals surface area contributed by atoms with E-state index in [9.17, 15) is 4.79 Å². The van der Waals surface area contributed by atoms with Crippen molar-refractivity contribution < 1.29 is 4.79 Å². The number of amides is 1. The molecule has 3 N–H and O–H groups in total. The molecule has 0 saturated heterocycles. The Bertz CT molecular complexity index is 186. The smallest absolute Gasteiger partial charge is 0.220 e. The first-order valence-corrected chi connectivity index (χ1v) is 5.92. The van der Waals surface area contributed by atoms with Crippen molar-refractivity contribution in [3.05, 3.63) is 0 Å². The average Bonchev–Trinajstić information content (AvgIpc) is 2.23. The predicted octanol–water partition coefficient (Wildman–Crippen LogP) is 1.91. The predicted molar refractivity (Wildman–Crippen MR) is 64.5 cm³/mol. The molecule has 0 radical (unpaired) electrons. The summed E-state index contributed by atoms with van der Waals surface area (Å²) in [7, 11) is 0. The third kappa shape index (κ3) is 6.50. The Labute approximate surface area is 93.8 Å². The summed E-state index contributed by atoms with van der Waals surface area (Å²) in [6, 6.07) is 0. The largest absolute Gasteiger partial charge is 0.356 e. The first-order valence-electron chi connectivity index (χ1n) is 5.92. The van der Waals surface area contributed by atoms with Gasteiger partial charge in [-0.05, 0) is 24.3 Å². The molecule has 0 spiro atoms. The van der Waals surface area contributed by atoms with Crippen LogP contribution in [-0.2, 0) is 4.79 Å². The fourth-order valence-corrected chi connectivity index (χ4v) is 1.19. The van der Waals surface area contributed by atoms with Crippen LogP contribution in [0.15, 0.2) is 0 Å². The molecule has 0 saturated carbocycles. The SMILES string of the molecule is CCC(CN)CC(=O)NCC(C)(C)CC. The summed E-state index contributed by atoms with van der Waals surface area (Å²) in [4.78, 5) is 11.6. The quantitative estimate of drug-likeness (QED) is 0.680. The van der Waals surface area contributed by atoms with Gasteiger partial charge in [-0.2, -0.15) is 0 Å². The van der Waals surface area contributed by atoms with Gasteiger partial charge in [0.05, 0.1) is 0 Å². The Morgan fingerprint density at radius 2 is 2.00 bits per heavy atom. The number of nitrogens with two attached hydrogens (primary N) is 1. The second-order valence-corrected chi connectivity index (χ2v) is 5.01. The van der Waals surface area contributed by atoms with Gasteiger partial charge in [0.1, 0.15) is 0 Å². The fourth-order valence-electron chi connectivity index (χ4n) is 1.19. The van der Waals surface area contributed by atoms with Crippen molar-refractivity contribution in [2.75, 3.05) is 13.1 Å². The Kier molecular flexibility index (Phi) is 6.57. The summed E-state index contributed by atoms with van der Waals surface area (Å²) >= 11 is 0. The molecule has 0 aliphatic rings. The van der Waals surface area contributed by atoms with Gasteiger partial charge in [-0.3, -0.25) is 4.79 Å². The van der Waals surface area contributed by atoms with Crippen molar-refractivity contribution in [1.29, 1.82) is 0 Å². The van der Waals surface area contributed by atoms with E-state index in [0.29, 0.717) is 18.9 Å². The van der Waals surface area contributed by atoms with Gasteiger partial charge in [0.25, 0.3) is 0 Å². The normalized spacial score (nSPS) is 13.7. The Morgan fingerprint density at radius 1 is 1.40 bits per heavy atom. The average molecular weight is 214 g/mol. The van der Waals surface area contributed by atoms with E-state index in [1.165, 1.54) is 0 Å². The minimum absolute atomic E-state index is 0.133. The number of rotatable bonds is 7. The second kappa shape index (κ2) is 6.83. The Morgan fingerprint density at radius 3 is 2.40 bits per heavy atom. The number of hydrogen-bond donors (Lipinski definition) is 2. The van der Waals surface area contributed by atoms with Crippen LogP contribution < -0.4 is 11.1 Å². The topological polar surface area (TPSA) is 55.1 Å². The maximum atomic E-state index is 11.6. The van der Waals surface area contributed by atoms with Crippen molar-refractivity contribution in [1.82, 2.24) is 5.32 Å². The molecule has 15 heavy (non-hydrogen) atoms. The number of carbonyl (C=O) groups excluding carboxylic acids is 1. The van der Waals surface area contributed by atoms with Crippen LogP contribution in [0.2, 0.25) is 0 Å². The lowest BCUT2D eigenvalue weighted by Crippen LogP contribution is -2.35. The minimum Gasteiger partial charge on any atom is -0.356 e. The summed E-state index contributed by atoms with van der Waals surface area (Å²) < 4.78 is 0. The fraction of sp³-hybridized carbons (Fsp3) is 0.917. The van der Waals surface area contributed by atoms with Crippen LogP contribution >= 0.6 is 0 Å². The molecule has 0 aliphatic heterocycles. The van der Waals surface area contributed by atoms with E-state index < -0.39 is 0 Å². The first kappa shape index (κ1) is 14.4. The van der Waals surface area contributed by atoms with Gasteiger partial charge in [-0.1, -0.05) is 34.1 Å². The van der Waals surface area contributed by atoms with Gasteiger partial charge in [-0.15, -0.1) is 0 Å². The second-order valence-electron chi connectivity index (χ2n) is 5.01. The van der Waals surface area contributed by atoms with Crippen molar-refractivity contribution in [2.45, 2.75) is 47.0 Å². The van der Waals surface area contributed by atoms with E-state index >= 15 is 0 Å². The zero-order valence-corrected chi connectivity index (χ0v) is 10.6. The molecule has 3 heteroatoms. The zero-order valence-electron chi connectivity index (χ0n) is 10.6. The van der Waals surface area contributed by atoms with Gasteiger partial charge >= 0.3 is 0 Å². The molecule has 90 valence electrons. The summed E-state index contributed by atoms with van der Waals surface area (Å²) in [6.07, 6.45) is 2.61. The van der Waals surface area contributed by atoms with E-state index in [2.05, 4.69) is 33.0 Å². The van der Waals surface area contributed by atoms with Gasteiger partial charge in [-0.25, -0.2) is 0 Å². The molecule has 1 atom stereocenters. The molecule has 0 heterocycles. The lowest BCUT2D eigenvalue weighted by Gasteiger charge is -2.23. The van der Waals surface area contributed by atoms with Gasteiger partial charge in [0.2, 0.25) is 5.91 Å². The van der Waals surface area contributed by atoms with Crippen LogP contribution in [0.4, 0.5) is 0 Å². The van der Waals surface area contributed by atoms with Gasteiger partial charge in [0.15, 0.2) is 0 Å². The van der Waals surface area contributed by atoms with E-state index in [1.54, 1.807) is 0 Å². The molecule has 0 bridgehead atoms. The molecular formula is C12H26N2O. The Balaban J connectivity index is 3.84. The molecular weight excluding hydrogens is 188 g/mol. The summed E-state index contributed by atoms with van der Waals surface area (Å²) in [5.74, 6) is 0.462. The van der Waals surface area contributed by atoms with Crippen molar-refractivity contribution in [2.24, 2.45) is 17.1 Å². The van der Waals surface area contributed by atoms with E-state index in [0.717, 1.165) is 19.4 Å². The highest BCUT2D eigenvalue weighted by Gasteiger charge is 2.17. The lowest BCUT2D eigenvalue weighted by atomic mass is 9.90. The molecule has 0 fully saturated rings. The molecule has 0 aliphatic carbocycles. The maximum absolute atomic E-state index is 11.6. The standard InChI is InChI=1S/C12H26N2O/c1-5-10(8-13)7-11(15)14-9-12(3,4)6-2/h10H,5-9,13H2,1-4H3,(H,14,15). The van der Waals surface area contributed by atoms with Crippen LogP contribution in [-0.4, -0.2) is 19.0 Å². The highest BCUT2D eigenvalue weighted by Crippen LogP contribution is 2.17. The monoisotopic (exact) mass is 214 g/mol. The molecule has 0 aromatic carbocycles. The zero-order chi connectivity index (χ0) is 11.9. The van der Waals surface area contributed by atoms with Crippen molar-refractivity contribution in [3.8, 4) is 0 Å². The minimum atomic E-state index is 0.133. The van der Waals surface area contributed by atoms with Gasteiger partial charge in [0, 0.05) is 13.0 Å². The maximum Gasteiger partial charge on any atom is 0.220 e. The molecule has 0 aromatic heterocycles. The van der Waals surface area contributed by atoms with Crippen LogP contribution in [0.3, 0.4) is 0 Å². The summed E-state index contributed by atoms with van der Waals surface area (Å²) in [5, 5.41) is 2.98. The van der Waals surface area contributed by atoms with Crippen molar-refractivity contribution in [3.63, 3.8) is 0 Å². The highest BCUT2D eigenvalue weighted by atomic mass is 16.1. The summed E-state index contributed by atoms with van der Waals surface area (Å²) in [6.45, 7) is 9.88. The van der Waals surface area contributed by atoms with E-state index in [1.807, 2.05) is 0 Å². The third-order valence-electron chi connectivity index (χ3n) is 3.11. The molecule has 0 rings (SSSR count). The van der Waals surface area contributed by atoms with Crippen LogP contribution in [0.1, 0.15) is 47.0 Å². The van der Waals surface area contributed by atoms with E-state index in [-0.39, 0.29) is 11.3 Å². The summed E-state index contributed by atoms with van der Waals surface area (Å²) in [5.41, 5.74) is 5.75. The highest BCUT2D eigenvalue weighted by molar-refractivity contribution is 5.76. The molecule has 1 amide bonds. The third-order valence-corrected chi connectivity index (χ3v) is 3.11. The number of hydrogen-bond acceptors (Lipinski definition) is 2. The molecule has 3 nitrogen and oxygen atoms in total. The van der Waals surface area contributed by atoms with Crippen LogP contribution in [0, 0.1) is 11.3 Å². The molecule has 0 aromatic rings. The van der Waals surface area contributed by atoms with Crippen molar-refractivity contribution >= 4 is 5.91 Å². The van der Waals surface area contributed by atoms with Crippen LogP contribution in [0.25, 0.3) is 0 Å². The van der Waals surface area contributed by atoms with E-state index in [4.69, 9.17) is 5.73 Å².